The van der Waals surface area contributed by atoms with Gasteiger partial charge in [-0.05, 0) is 55.1 Å². The van der Waals surface area contributed by atoms with Crippen LogP contribution in [0.2, 0.25) is 5.02 Å². The molecule has 2 rings (SSSR count). The molecule has 0 aliphatic carbocycles. The van der Waals surface area contributed by atoms with Crippen molar-refractivity contribution in [2.45, 2.75) is 45.6 Å². The Morgan fingerprint density at radius 2 is 1.86 bits per heavy atom. The summed E-state index contributed by atoms with van der Waals surface area (Å²) in [5, 5.41) is 0.442. The van der Waals surface area contributed by atoms with Crippen LogP contribution in [0.15, 0.2) is 18.2 Å². The number of nitrogens with zero attached hydrogens (tertiary/aromatic N) is 1. The van der Waals surface area contributed by atoms with E-state index in [2.05, 4.69) is 18.7 Å². The summed E-state index contributed by atoms with van der Waals surface area (Å²) in [5.41, 5.74) is 7.33. The predicted octanol–water partition coefficient (Wildman–Crippen LogP) is 4.38. The molecule has 0 amide bonds. The molecular weight excluding hydrogens is 287 g/mol. The summed E-state index contributed by atoms with van der Waals surface area (Å²) in [6.07, 6.45) is 4.85. The largest absolute Gasteiger partial charge is 0.329 e. The first-order chi connectivity index (χ1) is 10.0. The lowest BCUT2D eigenvalue weighted by Gasteiger charge is -2.44. The van der Waals surface area contributed by atoms with Crippen LogP contribution >= 0.6 is 11.6 Å². The van der Waals surface area contributed by atoms with Crippen molar-refractivity contribution in [1.82, 2.24) is 4.90 Å². The molecule has 1 aliphatic rings. The number of rotatable bonds is 5. The van der Waals surface area contributed by atoms with Crippen LogP contribution in [0.4, 0.5) is 4.39 Å². The minimum atomic E-state index is -0.288. The van der Waals surface area contributed by atoms with E-state index in [0.717, 1.165) is 18.7 Å². The van der Waals surface area contributed by atoms with Crippen LogP contribution in [0.1, 0.15) is 51.1 Å². The van der Waals surface area contributed by atoms with Gasteiger partial charge in [0, 0.05) is 17.6 Å². The van der Waals surface area contributed by atoms with Crippen molar-refractivity contribution in [3.63, 3.8) is 0 Å². The molecule has 1 aromatic rings. The SMILES string of the molecule is CCC1(CC)CCN(C(CN)c2cc(F)cc(Cl)c2)CC1. The van der Waals surface area contributed by atoms with Crippen molar-refractivity contribution in [1.29, 1.82) is 0 Å². The maximum Gasteiger partial charge on any atom is 0.125 e. The first kappa shape index (κ1) is 16.7. The number of hydrogen-bond acceptors (Lipinski definition) is 2. The van der Waals surface area contributed by atoms with Crippen molar-refractivity contribution >= 4 is 11.6 Å². The fourth-order valence-corrected chi connectivity index (χ4v) is 3.76. The van der Waals surface area contributed by atoms with E-state index in [4.69, 9.17) is 17.3 Å². The monoisotopic (exact) mass is 312 g/mol. The molecule has 0 bridgehead atoms. The summed E-state index contributed by atoms with van der Waals surface area (Å²) in [5.74, 6) is -0.288. The third-order valence-electron chi connectivity index (χ3n) is 5.29. The van der Waals surface area contributed by atoms with E-state index in [1.165, 1.54) is 31.7 Å². The normalized spacial score (nSPS) is 20.4. The van der Waals surface area contributed by atoms with Crippen molar-refractivity contribution < 1.29 is 4.39 Å². The van der Waals surface area contributed by atoms with Crippen LogP contribution in [0.5, 0.6) is 0 Å². The highest BCUT2D eigenvalue weighted by molar-refractivity contribution is 6.30. The average molecular weight is 313 g/mol. The van der Waals surface area contributed by atoms with Crippen LogP contribution in [0.25, 0.3) is 0 Å². The fourth-order valence-electron chi connectivity index (χ4n) is 3.53. The highest BCUT2D eigenvalue weighted by Gasteiger charge is 2.33. The molecule has 4 heteroatoms. The molecule has 1 atom stereocenters. The topological polar surface area (TPSA) is 29.3 Å². The van der Waals surface area contributed by atoms with E-state index in [0.29, 0.717) is 17.0 Å². The van der Waals surface area contributed by atoms with Crippen molar-refractivity contribution in [3.8, 4) is 0 Å². The van der Waals surface area contributed by atoms with Crippen molar-refractivity contribution in [2.24, 2.45) is 11.1 Å². The molecular formula is C17H26ClFN2. The fraction of sp³-hybridized carbons (Fsp3) is 0.647. The Hall–Kier alpha value is -0.640. The number of nitrogens with two attached hydrogens (primary N) is 1. The predicted molar refractivity (Wildman–Crippen MR) is 87.0 cm³/mol. The van der Waals surface area contributed by atoms with Crippen LogP contribution in [0, 0.1) is 11.2 Å². The summed E-state index contributed by atoms with van der Waals surface area (Å²) in [4.78, 5) is 2.38. The van der Waals surface area contributed by atoms with Crippen LogP contribution in [0.3, 0.4) is 0 Å². The summed E-state index contributed by atoms with van der Waals surface area (Å²) in [7, 11) is 0. The molecule has 1 saturated heterocycles. The molecule has 21 heavy (non-hydrogen) atoms. The second kappa shape index (κ2) is 7.08. The van der Waals surface area contributed by atoms with Gasteiger partial charge in [0.2, 0.25) is 0 Å². The Morgan fingerprint density at radius 3 is 2.33 bits per heavy atom. The highest BCUT2D eigenvalue weighted by Crippen LogP contribution is 2.40. The van der Waals surface area contributed by atoms with Gasteiger partial charge in [-0.25, -0.2) is 4.39 Å². The molecule has 1 fully saturated rings. The number of halogens is 2. The smallest absolute Gasteiger partial charge is 0.125 e. The standard InChI is InChI=1S/C17H26ClFN2/c1-3-17(4-2)5-7-21(8-6-17)16(12-20)13-9-14(18)11-15(19)10-13/h9-11,16H,3-8,12,20H2,1-2H3. The molecule has 0 aromatic heterocycles. The van der Waals surface area contributed by atoms with Gasteiger partial charge in [-0.1, -0.05) is 38.3 Å². The maximum atomic E-state index is 13.6. The van der Waals surface area contributed by atoms with E-state index < -0.39 is 0 Å². The Labute approximate surface area is 132 Å². The second-order valence-corrected chi connectivity index (χ2v) is 6.63. The van der Waals surface area contributed by atoms with E-state index in [1.807, 2.05) is 6.07 Å². The van der Waals surface area contributed by atoms with Gasteiger partial charge in [-0.2, -0.15) is 0 Å². The van der Waals surface area contributed by atoms with Gasteiger partial charge in [0.1, 0.15) is 5.82 Å². The molecule has 0 radical (unpaired) electrons. The van der Waals surface area contributed by atoms with Crippen LogP contribution in [-0.2, 0) is 0 Å². The zero-order valence-electron chi connectivity index (χ0n) is 13.0. The molecule has 1 aromatic carbocycles. The number of piperidine rings is 1. The zero-order chi connectivity index (χ0) is 15.5. The molecule has 2 nitrogen and oxygen atoms in total. The van der Waals surface area contributed by atoms with Gasteiger partial charge in [0.05, 0.1) is 0 Å². The van der Waals surface area contributed by atoms with Gasteiger partial charge in [-0.15, -0.1) is 0 Å². The second-order valence-electron chi connectivity index (χ2n) is 6.20. The summed E-state index contributed by atoms with van der Waals surface area (Å²) < 4.78 is 13.6. The molecule has 1 aliphatic heterocycles. The average Bonchev–Trinajstić information content (AvgIpc) is 2.48. The van der Waals surface area contributed by atoms with Gasteiger partial charge in [-0.3, -0.25) is 4.90 Å². The third kappa shape index (κ3) is 3.77. The molecule has 0 saturated carbocycles. The minimum Gasteiger partial charge on any atom is -0.329 e. The summed E-state index contributed by atoms with van der Waals surface area (Å²) in [6, 6.07) is 4.80. The van der Waals surface area contributed by atoms with Gasteiger partial charge in [0.15, 0.2) is 0 Å². The summed E-state index contributed by atoms with van der Waals surface area (Å²) >= 11 is 5.98. The van der Waals surface area contributed by atoms with E-state index in [1.54, 1.807) is 6.07 Å². The number of benzene rings is 1. The Kier molecular flexibility index (Phi) is 5.64. The first-order valence-electron chi connectivity index (χ1n) is 7.93. The minimum absolute atomic E-state index is 0.0601. The van der Waals surface area contributed by atoms with Gasteiger partial charge >= 0.3 is 0 Å². The third-order valence-corrected chi connectivity index (χ3v) is 5.51. The molecule has 1 heterocycles. The van der Waals surface area contributed by atoms with Gasteiger partial charge in [0.25, 0.3) is 0 Å². The highest BCUT2D eigenvalue weighted by atomic mass is 35.5. The quantitative estimate of drug-likeness (QED) is 0.874. The molecule has 0 spiro atoms. The lowest BCUT2D eigenvalue weighted by Crippen LogP contribution is -2.43. The number of likely N-dealkylation sites (tertiary alicyclic amines) is 1. The van der Waals surface area contributed by atoms with Crippen LogP contribution in [-0.4, -0.2) is 24.5 Å². The van der Waals surface area contributed by atoms with Crippen molar-refractivity contribution in [3.05, 3.63) is 34.6 Å². The van der Waals surface area contributed by atoms with Crippen molar-refractivity contribution in [2.75, 3.05) is 19.6 Å². The van der Waals surface area contributed by atoms with E-state index in [9.17, 15) is 4.39 Å². The Bertz CT molecular complexity index is 444. The summed E-state index contributed by atoms with van der Waals surface area (Å²) in [6.45, 7) is 7.11. The Balaban J connectivity index is 2.12. The molecule has 1 unspecified atom stereocenters. The zero-order valence-corrected chi connectivity index (χ0v) is 13.8. The van der Waals surface area contributed by atoms with E-state index in [-0.39, 0.29) is 11.9 Å². The first-order valence-corrected chi connectivity index (χ1v) is 8.31. The Morgan fingerprint density at radius 1 is 1.24 bits per heavy atom. The van der Waals surface area contributed by atoms with Gasteiger partial charge < -0.3 is 5.73 Å². The lowest BCUT2D eigenvalue weighted by molar-refractivity contribution is 0.0679. The van der Waals surface area contributed by atoms with Crippen LogP contribution < -0.4 is 5.73 Å². The lowest BCUT2D eigenvalue weighted by atomic mass is 9.74. The number of hydrogen-bond donors (Lipinski definition) is 1. The van der Waals surface area contributed by atoms with E-state index >= 15 is 0 Å². The molecule has 118 valence electrons. The molecule has 2 N–H and O–H groups in total. The maximum absolute atomic E-state index is 13.6.